The Hall–Kier alpha value is 30.9. The van der Waals surface area contributed by atoms with E-state index in [1.165, 1.54) is 0 Å². The average molecular weight is 5750 g/mol. The molecule has 0 radical (unpaired) electrons. The first-order valence-electron chi connectivity index (χ1n) is 13.8. The summed E-state index contributed by atoms with van der Waals surface area (Å²) in [6.45, 7) is 0. The number of halogens is 43. The lowest BCUT2D eigenvalue weighted by Crippen LogP contribution is -2.74. The number of carbonyl (C=O) groups is 1. The van der Waals surface area contributed by atoms with E-state index in [4.69, 9.17) is 0 Å². The fourth-order valence-corrected chi connectivity index (χ4v) is 75.7. The molecule has 0 rings (SSSR count). The second-order valence-electron chi connectivity index (χ2n) is 12.3. The lowest BCUT2D eigenvalue weighted by molar-refractivity contribution is -0.136. The van der Waals surface area contributed by atoms with Crippen molar-refractivity contribution < 1.29 is 9.90 Å². The summed E-state index contributed by atoms with van der Waals surface area (Å²) >= 11 is 117. The number of carboxylic acid groups (broad SMARTS) is 1. The monoisotopic (exact) mass is 5750 g/mol. The standard InChI is InChI=1S/C22HI43O2/c23-2(24,1(66)67)3(25,26)4(27,28)5(29,30)6(31,32)7(33,34)8(35,36)9(37,38)10(39,40)11(41,42)12(43,44)13(45,46)14(47,48)15(49,50)16(51,52)17(53,54)18(55,56)19(57,58)20(59,60)21(61,62)22(63,64)65/h(H,66,67). The molecule has 0 aliphatic heterocycles. The van der Waals surface area contributed by atoms with Crippen molar-refractivity contribution in [2.24, 2.45) is 0 Å². The molecular weight excluding hydrogens is 5750 g/mol. The van der Waals surface area contributed by atoms with E-state index in [1.807, 2.05) is 0 Å². The van der Waals surface area contributed by atoms with E-state index in [9.17, 15) is 9.90 Å². The number of hydrogen-bond acceptors (Lipinski definition) is 1. The first kappa shape index (κ1) is 97.9. The van der Waals surface area contributed by atoms with Crippen LogP contribution >= 0.6 is 971 Å². The minimum Gasteiger partial charge on any atom is -0.480 e. The SMILES string of the molecule is O=C(O)C(I)(I)C(I)(I)C(I)(I)C(I)(I)C(I)(I)C(I)(I)C(I)(I)C(I)(I)C(I)(I)C(I)(I)C(I)(I)C(I)(I)C(I)(I)C(I)(I)C(I)(I)C(I)(I)C(I)(I)C(I)(I)C(I)(I)C(I)(I)C(I)(I)I. The van der Waals surface area contributed by atoms with Crippen molar-refractivity contribution in [2.45, 2.75) is 28.0 Å². The second-order valence-corrected chi connectivity index (χ2v) is 129. The number of carboxylic acids is 1. The zero-order valence-electron chi connectivity index (χ0n) is 28.1. The van der Waals surface area contributed by atoms with Gasteiger partial charge in [0.05, 0.1) is 0 Å². The first-order valence-corrected chi connectivity index (χ1v) is 60.2. The van der Waals surface area contributed by atoms with Gasteiger partial charge in [-0.25, -0.2) is 4.79 Å². The third kappa shape index (κ3) is 18.5. The average Bonchev–Trinajstić information content (AvgIpc) is 3.09. The van der Waals surface area contributed by atoms with E-state index in [0.717, 1.165) is 0 Å². The van der Waals surface area contributed by atoms with Gasteiger partial charge in [-0.1, -0.05) is 971 Å². The van der Waals surface area contributed by atoms with Gasteiger partial charge in [0.25, 0.3) is 0 Å². The molecule has 0 aliphatic rings. The summed E-state index contributed by atoms with van der Waals surface area (Å²) in [4.78, 5) is 12.9. The summed E-state index contributed by atoms with van der Waals surface area (Å²) < 4.78 is -7.79. The molecule has 0 atom stereocenters. The van der Waals surface area contributed by atoms with Gasteiger partial charge in [0, 0.05) is 0 Å². The van der Waals surface area contributed by atoms with Crippen LogP contribution in [0.2, 0.25) is 0 Å². The van der Waals surface area contributed by atoms with Crippen molar-refractivity contribution >= 4 is 977 Å². The third-order valence-corrected chi connectivity index (χ3v) is 159. The predicted molar refractivity (Wildman–Crippen MR) is 668 cm³/mol. The molecule has 67 heavy (non-hydrogen) atoms. The molecule has 0 aromatic carbocycles. The van der Waals surface area contributed by atoms with Gasteiger partial charge in [0.15, 0.2) is 1.43 Å². The number of aliphatic carboxylic acids is 1. The van der Waals surface area contributed by atoms with Crippen LogP contribution in [0.4, 0.5) is 0 Å². The fourth-order valence-electron chi connectivity index (χ4n) is 3.86. The van der Waals surface area contributed by atoms with E-state index < -0.39 is 14.5 Å². The number of rotatable bonds is 21. The molecule has 0 fully saturated rings. The highest BCUT2D eigenvalue weighted by atomic mass is 127. The molecule has 0 saturated heterocycles. The Morgan fingerprint density at radius 1 is 0.179 bits per heavy atom. The maximum Gasteiger partial charge on any atom is 0.332 e. The summed E-state index contributed by atoms with van der Waals surface area (Å²) in [7, 11) is 0. The van der Waals surface area contributed by atoms with Crippen LogP contribution in [0.1, 0.15) is 0 Å². The summed E-state index contributed by atoms with van der Waals surface area (Å²) in [5.74, 6) is -0.820. The Morgan fingerprint density at radius 2 is 0.269 bits per heavy atom. The Kier molecular flexibility index (Phi) is 50.9. The van der Waals surface area contributed by atoms with Gasteiger partial charge in [0.2, 0.25) is 0 Å². The molecule has 2 nitrogen and oxygen atoms in total. The lowest BCUT2D eigenvalue weighted by Gasteiger charge is -2.63. The molecule has 45 heteroatoms. The maximum atomic E-state index is 12.9. The minimum absolute atomic E-state index is 0.0331. The normalized spacial score (nSPS) is 17.3. The van der Waals surface area contributed by atoms with Crippen LogP contribution in [0.15, 0.2) is 0 Å². The predicted octanol–water partition coefficient (Wildman–Crippen LogP) is 33.4. The van der Waals surface area contributed by atoms with Crippen LogP contribution < -0.4 is 0 Å². The van der Waals surface area contributed by atoms with Gasteiger partial charge >= 0.3 is 5.97 Å². The molecule has 0 heterocycles. The first-order chi connectivity index (χ1) is 27.9. The molecule has 0 amide bonds. The maximum absolute atomic E-state index is 12.9. The molecule has 0 unspecified atom stereocenters. The second kappa shape index (κ2) is 34.8. The molecule has 0 spiro atoms. The van der Waals surface area contributed by atoms with Crippen LogP contribution in [-0.4, -0.2) is 39.1 Å². The Balaban J connectivity index is 8.07. The van der Waals surface area contributed by atoms with Crippen molar-refractivity contribution in [3.63, 3.8) is 0 Å². The van der Waals surface area contributed by atoms with Crippen LogP contribution in [0.5, 0.6) is 0 Å². The molecular formula is C22HI43O2. The van der Waals surface area contributed by atoms with E-state index in [0.29, 0.717) is 0 Å². The molecule has 402 valence electrons. The van der Waals surface area contributed by atoms with E-state index in [2.05, 4.69) is 971 Å². The Morgan fingerprint density at radius 3 is 0.358 bits per heavy atom. The van der Waals surface area contributed by atoms with Gasteiger partial charge in [-0.3, -0.25) is 0 Å². The third-order valence-electron chi connectivity index (χ3n) is 8.12. The van der Waals surface area contributed by atoms with Crippen molar-refractivity contribution in [2.75, 3.05) is 0 Å². The number of alkyl halides is 43. The summed E-state index contributed by atoms with van der Waals surface area (Å²) in [6, 6.07) is 0. The van der Waals surface area contributed by atoms with E-state index >= 15 is 0 Å². The summed E-state index contributed by atoms with van der Waals surface area (Å²) in [6.07, 6.45) is 0. The van der Waals surface area contributed by atoms with Crippen molar-refractivity contribution in [3.8, 4) is 0 Å². The van der Waals surface area contributed by atoms with Gasteiger partial charge < -0.3 is 5.11 Å². The quantitative estimate of drug-likeness (QED) is 0.0919. The fraction of sp³-hybridized carbons (Fsp3) is 0.955. The molecule has 0 aromatic rings. The lowest BCUT2D eigenvalue weighted by atomic mass is 10.0. The molecule has 0 saturated carbocycles. The highest BCUT2D eigenvalue weighted by Crippen LogP contribution is 2.86. The van der Waals surface area contributed by atoms with Gasteiger partial charge in [0.1, 0.15) is 26.6 Å². The Bertz CT molecular complexity index is 1840. The van der Waals surface area contributed by atoms with Crippen LogP contribution in [-0.2, 0) is 4.79 Å². The van der Waals surface area contributed by atoms with E-state index in [-0.39, 0.29) is 19.4 Å². The van der Waals surface area contributed by atoms with Crippen LogP contribution in [0.25, 0.3) is 0 Å². The smallest absolute Gasteiger partial charge is 0.332 e. The zero-order valence-corrected chi connectivity index (χ0v) is 121. The van der Waals surface area contributed by atoms with Gasteiger partial charge in [-0.05, 0) is 0 Å². The minimum atomic E-state index is -1.07. The Labute approximate surface area is 980 Å². The number of hydrogen-bond donors (Lipinski definition) is 1. The molecule has 0 aliphatic carbocycles. The summed E-state index contributed by atoms with van der Waals surface area (Å²) in [5, 5.41) is 10.5. The van der Waals surface area contributed by atoms with Gasteiger partial charge in [-0.15, -0.1) is 0 Å². The summed E-state index contributed by atoms with van der Waals surface area (Å²) in [5.41, 5.74) is 0. The molecule has 0 aromatic heterocycles. The topological polar surface area (TPSA) is 37.3 Å². The van der Waals surface area contributed by atoms with Crippen molar-refractivity contribution in [1.82, 2.24) is 0 Å². The zero-order chi connectivity index (χ0) is 56.1. The highest BCUT2D eigenvalue weighted by Gasteiger charge is 2.85. The molecule has 1 N–H and O–H groups in total. The van der Waals surface area contributed by atoms with Gasteiger partial charge in [-0.2, -0.15) is 0 Å². The van der Waals surface area contributed by atoms with Crippen LogP contribution in [0.3, 0.4) is 0 Å². The van der Waals surface area contributed by atoms with Crippen molar-refractivity contribution in [3.05, 3.63) is 0 Å². The van der Waals surface area contributed by atoms with Crippen LogP contribution in [0, 0.1) is 0 Å². The van der Waals surface area contributed by atoms with E-state index in [1.54, 1.807) is 0 Å². The van der Waals surface area contributed by atoms with Crippen molar-refractivity contribution in [1.29, 1.82) is 0 Å². The highest BCUT2D eigenvalue weighted by molar-refractivity contribution is 14.3. The molecule has 0 bridgehead atoms. The largest absolute Gasteiger partial charge is 0.480 e.